The zero-order valence-corrected chi connectivity index (χ0v) is 16.3. The average molecular weight is 366 g/mol. The Morgan fingerprint density at radius 3 is 2.27 bits per heavy atom. The zero-order valence-electron chi connectivity index (χ0n) is 15.4. The summed E-state index contributed by atoms with van der Waals surface area (Å²) in [5.74, 6) is 0.850. The summed E-state index contributed by atoms with van der Waals surface area (Å²) in [4.78, 5) is 7.13. The number of aliphatic imine (C=N–C) groups is 1. The Kier molecular flexibility index (Phi) is 6.78. The number of rotatable bonds is 3. The van der Waals surface area contributed by atoms with Crippen molar-refractivity contribution in [3.8, 4) is 0 Å². The van der Waals surface area contributed by atoms with Gasteiger partial charge in [-0.1, -0.05) is 73.0 Å². The van der Waals surface area contributed by atoms with Crippen molar-refractivity contribution in [1.82, 2.24) is 10.2 Å². The molecule has 2 aromatic carbocycles. The number of nitrogens with zero attached hydrogens (tertiary/aromatic N) is 2. The minimum Gasteiger partial charge on any atom is -0.349 e. The SMILES string of the molecule is Cc1ccc(C(=NCc2ccccc2)NC(=S)N2CCCCCC2)cc1. The van der Waals surface area contributed by atoms with Crippen molar-refractivity contribution in [2.24, 2.45) is 4.99 Å². The molecule has 136 valence electrons. The molecule has 0 spiro atoms. The molecule has 26 heavy (non-hydrogen) atoms. The second-order valence-corrected chi connectivity index (χ2v) is 7.23. The molecule has 0 radical (unpaired) electrons. The Labute approximate surface area is 162 Å². The second-order valence-electron chi connectivity index (χ2n) is 6.85. The third-order valence-corrected chi connectivity index (χ3v) is 5.07. The van der Waals surface area contributed by atoms with Gasteiger partial charge in [-0.05, 0) is 37.5 Å². The number of aryl methyl sites for hydroxylation is 1. The highest BCUT2D eigenvalue weighted by molar-refractivity contribution is 7.80. The van der Waals surface area contributed by atoms with E-state index in [1.165, 1.54) is 36.8 Å². The Hall–Kier alpha value is -2.20. The minimum atomic E-state index is 0.639. The van der Waals surface area contributed by atoms with E-state index in [-0.39, 0.29) is 0 Å². The first-order valence-electron chi connectivity index (χ1n) is 9.44. The summed E-state index contributed by atoms with van der Waals surface area (Å²) in [7, 11) is 0. The van der Waals surface area contributed by atoms with Crippen LogP contribution in [0.1, 0.15) is 42.4 Å². The van der Waals surface area contributed by atoms with E-state index in [2.05, 4.69) is 53.5 Å². The van der Waals surface area contributed by atoms with Crippen LogP contribution in [0.15, 0.2) is 59.6 Å². The van der Waals surface area contributed by atoms with Crippen molar-refractivity contribution in [2.45, 2.75) is 39.2 Å². The van der Waals surface area contributed by atoms with Gasteiger partial charge in [-0.3, -0.25) is 4.99 Å². The molecule has 0 atom stereocenters. The molecule has 4 heteroatoms. The topological polar surface area (TPSA) is 27.6 Å². The molecule has 0 aliphatic carbocycles. The third kappa shape index (κ3) is 5.40. The highest BCUT2D eigenvalue weighted by atomic mass is 32.1. The molecule has 1 aliphatic heterocycles. The van der Waals surface area contributed by atoms with Crippen LogP contribution >= 0.6 is 12.2 Å². The Balaban J connectivity index is 1.77. The first-order chi connectivity index (χ1) is 12.7. The molecule has 1 fully saturated rings. The third-order valence-electron chi connectivity index (χ3n) is 4.71. The van der Waals surface area contributed by atoms with Crippen molar-refractivity contribution in [3.05, 3.63) is 71.3 Å². The van der Waals surface area contributed by atoms with Gasteiger partial charge in [0.15, 0.2) is 5.11 Å². The van der Waals surface area contributed by atoms with E-state index < -0.39 is 0 Å². The fourth-order valence-corrected chi connectivity index (χ4v) is 3.40. The van der Waals surface area contributed by atoms with Crippen LogP contribution in [0, 0.1) is 6.92 Å². The van der Waals surface area contributed by atoms with Crippen molar-refractivity contribution in [2.75, 3.05) is 13.1 Å². The van der Waals surface area contributed by atoms with E-state index in [1.807, 2.05) is 18.2 Å². The van der Waals surface area contributed by atoms with Gasteiger partial charge in [-0.2, -0.15) is 0 Å². The molecule has 1 saturated heterocycles. The summed E-state index contributed by atoms with van der Waals surface area (Å²) in [5.41, 5.74) is 3.51. The quantitative estimate of drug-likeness (QED) is 0.486. The van der Waals surface area contributed by atoms with E-state index in [1.54, 1.807) is 0 Å². The van der Waals surface area contributed by atoms with Crippen LogP contribution in [-0.2, 0) is 6.54 Å². The van der Waals surface area contributed by atoms with Gasteiger partial charge in [0.1, 0.15) is 5.84 Å². The molecule has 0 bridgehead atoms. The number of nitrogens with one attached hydrogen (secondary N) is 1. The van der Waals surface area contributed by atoms with Crippen molar-refractivity contribution in [1.29, 1.82) is 0 Å². The largest absolute Gasteiger partial charge is 0.349 e. The summed E-state index contributed by atoms with van der Waals surface area (Å²) >= 11 is 5.70. The molecular formula is C22H27N3S. The smallest absolute Gasteiger partial charge is 0.174 e. The predicted octanol–water partition coefficient (Wildman–Crippen LogP) is 4.69. The van der Waals surface area contributed by atoms with E-state index in [9.17, 15) is 0 Å². The predicted molar refractivity (Wildman–Crippen MR) is 114 cm³/mol. The zero-order chi connectivity index (χ0) is 18.2. The highest BCUT2D eigenvalue weighted by Gasteiger charge is 2.14. The van der Waals surface area contributed by atoms with Gasteiger partial charge in [0.25, 0.3) is 0 Å². The molecule has 2 aromatic rings. The minimum absolute atomic E-state index is 0.639. The standard InChI is InChI=1S/C22H27N3S/c1-18-11-13-20(14-12-18)21(23-17-19-9-5-4-6-10-19)24-22(26)25-15-7-2-3-8-16-25/h4-6,9-14H,2-3,7-8,15-17H2,1H3,(H,23,24,26). The second kappa shape index (κ2) is 9.48. The van der Waals surface area contributed by atoms with Gasteiger partial charge in [-0.25, -0.2) is 0 Å². The lowest BCUT2D eigenvalue weighted by molar-refractivity contribution is 0.434. The summed E-state index contributed by atoms with van der Waals surface area (Å²) < 4.78 is 0. The maximum Gasteiger partial charge on any atom is 0.174 e. The molecule has 3 rings (SSSR count). The Bertz CT molecular complexity index is 730. The highest BCUT2D eigenvalue weighted by Crippen LogP contribution is 2.11. The number of thiocarbonyl (C=S) groups is 1. The first-order valence-corrected chi connectivity index (χ1v) is 9.84. The molecule has 0 amide bonds. The molecule has 1 N–H and O–H groups in total. The summed E-state index contributed by atoms with van der Waals surface area (Å²) in [6, 6.07) is 18.8. The van der Waals surface area contributed by atoms with Crippen molar-refractivity contribution < 1.29 is 0 Å². The van der Waals surface area contributed by atoms with E-state index in [0.717, 1.165) is 29.6 Å². The molecule has 0 unspecified atom stereocenters. The van der Waals surface area contributed by atoms with Crippen LogP contribution in [0.2, 0.25) is 0 Å². The normalized spacial score (nSPS) is 15.4. The number of hydrogen-bond acceptors (Lipinski definition) is 2. The van der Waals surface area contributed by atoms with Crippen molar-refractivity contribution >= 4 is 23.2 Å². The summed E-state index contributed by atoms with van der Waals surface area (Å²) in [6.45, 7) is 4.80. The lowest BCUT2D eigenvalue weighted by Gasteiger charge is -2.24. The average Bonchev–Trinajstić information content (AvgIpc) is 2.96. The molecule has 0 aromatic heterocycles. The molecule has 1 heterocycles. The Morgan fingerprint density at radius 2 is 1.62 bits per heavy atom. The lowest BCUT2D eigenvalue weighted by Crippen LogP contribution is -2.43. The van der Waals surface area contributed by atoms with Gasteiger partial charge in [0, 0.05) is 18.7 Å². The van der Waals surface area contributed by atoms with Crippen LogP contribution in [0.4, 0.5) is 0 Å². The van der Waals surface area contributed by atoms with Gasteiger partial charge in [0.05, 0.1) is 6.54 Å². The number of likely N-dealkylation sites (tertiary alicyclic amines) is 1. The van der Waals surface area contributed by atoms with Crippen LogP contribution in [0.25, 0.3) is 0 Å². The maximum absolute atomic E-state index is 5.70. The summed E-state index contributed by atoms with van der Waals surface area (Å²) in [6.07, 6.45) is 5.02. The molecule has 0 saturated carbocycles. The van der Waals surface area contributed by atoms with Gasteiger partial charge in [-0.15, -0.1) is 0 Å². The molecule has 1 aliphatic rings. The fourth-order valence-electron chi connectivity index (χ4n) is 3.12. The summed E-state index contributed by atoms with van der Waals surface area (Å²) in [5, 5.41) is 4.22. The van der Waals surface area contributed by atoms with Crippen molar-refractivity contribution in [3.63, 3.8) is 0 Å². The van der Waals surface area contributed by atoms with Crippen LogP contribution in [0.3, 0.4) is 0 Å². The van der Waals surface area contributed by atoms with E-state index >= 15 is 0 Å². The van der Waals surface area contributed by atoms with Crippen LogP contribution < -0.4 is 5.32 Å². The lowest BCUT2D eigenvalue weighted by atomic mass is 10.1. The van der Waals surface area contributed by atoms with Crippen LogP contribution in [0.5, 0.6) is 0 Å². The molecule has 3 nitrogen and oxygen atoms in total. The van der Waals surface area contributed by atoms with Gasteiger partial charge >= 0.3 is 0 Å². The fraction of sp³-hybridized carbons (Fsp3) is 0.364. The number of benzene rings is 2. The van der Waals surface area contributed by atoms with Gasteiger partial charge in [0.2, 0.25) is 0 Å². The van der Waals surface area contributed by atoms with E-state index in [4.69, 9.17) is 17.2 Å². The monoisotopic (exact) mass is 365 g/mol. The van der Waals surface area contributed by atoms with Crippen LogP contribution in [-0.4, -0.2) is 28.9 Å². The van der Waals surface area contributed by atoms with E-state index in [0.29, 0.717) is 6.54 Å². The number of amidine groups is 1. The number of hydrogen-bond donors (Lipinski definition) is 1. The maximum atomic E-state index is 5.70. The van der Waals surface area contributed by atoms with Gasteiger partial charge < -0.3 is 10.2 Å². The first kappa shape index (κ1) is 18.6. The Morgan fingerprint density at radius 1 is 0.962 bits per heavy atom. The molecular weight excluding hydrogens is 338 g/mol.